The summed E-state index contributed by atoms with van der Waals surface area (Å²) >= 11 is 0. The highest BCUT2D eigenvalue weighted by Gasteiger charge is 2.62. The summed E-state index contributed by atoms with van der Waals surface area (Å²) in [6.45, 7) is 14.4. The highest BCUT2D eigenvalue weighted by molar-refractivity contribution is 5.66. The molecule has 144 valence electrons. The summed E-state index contributed by atoms with van der Waals surface area (Å²) < 4.78 is 5.44. The second kappa shape index (κ2) is 7.06. The van der Waals surface area contributed by atoms with E-state index >= 15 is 0 Å². The molecular formula is C22H38O3. The monoisotopic (exact) mass is 350 g/mol. The Labute approximate surface area is 154 Å². The molecule has 1 N–H and O–H groups in total. The first-order chi connectivity index (χ1) is 11.4. The Morgan fingerprint density at radius 3 is 2.28 bits per heavy atom. The van der Waals surface area contributed by atoms with Crippen LogP contribution in [-0.4, -0.2) is 22.8 Å². The summed E-state index contributed by atoms with van der Waals surface area (Å²) in [6, 6.07) is 0. The Kier molecular flexibility index (Phi) is 5.78. The molecule has 3 aliphatic rings. The zero-order valence-electron chi connectivity index (χ0n) is 17.3. The molecule has 0 radical (unpaired) electrons. The Bertz CT molecular complexity index is 526. The first-order valence-corrected chi connectivity index (χ1v) is 9.93. The fourth-order valence-corrected chi connectivity index (χ4v) is 5.12. The molecule has 3 nitrogen and oxygen atoms in total. The lowest BCUT2D eigenvalue weighted by molar-refractivity contribution is -0.154. The molecule has 2 bridgehead atoms. The van der Waals surface area contributed by atoms with E-state index in [9.17, 15) is 9.90 Å². The molecule has 0 aromatic rings. The lowest BCUT2D eigenvalue weighted by atomic mass is 9.70. The van der Waals surface area contributed by atoms with Crippen LogP contribution in [0.25, 0.3) is 0 Å². The molecule has 0 saturated heterocycles. The molecule has 0 aromatic heterocycles. The number of allylic oxidation sites excluding steroid dienone is 2. The summed E-state index contributed by atoms with van der Waals surface area (Å²) in [7, 11) is 0. The normalized spacial score (nSPS) is 36.3. The van der Waals surface area contributed by atoms with Crippen LogP contribution in [0.2, 0.25) is 0 Å². The number of carbonyl (C=O) groups excluding carboxylic acids is 1. The number of hydrogen-bond acceptors (Lipinski definition) is 3. The van der Waals surface area contributed by atoms with Gasteiger partial charge in [0.2, 0.25) is 0 Å². The van der Waals surface area contributed by atoms with Gasteiger partial charge in [0.1, 0.15) is 6.10 Å². The van der Waals surface area contributed by atoms with Gasteiger partial charge in [-0.25, -0.2) is 0 Å². The summed E-state index contributed by atoms with van der Waals surface area (Å²) in [5.41, 5.74) is 1.54. The van der Waals surface area contributed by atoms with E-state index in [0.29, 0.717) is 11.3 Å². The lowest BCUT2D eigenvalue weighted by Crippen LogP contribution is -2.37. The molecule has 3 aliphatic carbocycles. The molecule has 0 aliphatic heterocycles. The Morgan fingerprint density at radius 2 is 1.92 bits per heavy atom. The van der Waals surface area contributed by atoms with Crippen LogP contribution in [0.4, 0.5) is 0 Å². The molecule has 0 spiro atoms. The Hall–Kier alpha value is -0.830. The average molecular weight is 351 g/mol. The molecule has 1 unspecified atom stereocenters. The van der Waals surface area contributed by atoms with Gasteiger partial charge in [-0.1, -0.05) is 32.4 Å². The van der Waals surface area contributed by atoms with Crippen molar-refractivity contribution in [1.82, 2.24) is 0 Å². The van der Waals surface area contributed by atoms with E-state index in [1.807, 2.05) is 13.8 Å². The molecular weight excluding hydrogens is 312 g/mol. The number of ether oxygens (including phenoxy) is 1. The van der Waals surface area contributed by atoms with Gasteiger partial charge in [-0.3, -0.25) is 4.79 Å². The topological polar surface area (TPSA) is 46.5 Å². The number of esters is 1. The van der Waals surface area contributed by atoms with Crippen molar-refractivity contribution in [2.45, 2.75) is 98.7 Å². The maximum Gasteiger partial charge on any atom is 0.302 e. The van der Waals surface area contributed by atoms with Gasteiger partial charge in [0, 0.05) is 12.3 Å². The van der Waals surface area contributed by atoms with Crippen LogP contribution in [0.15, 0.2) is 11.6 Å². The zero-order valence-corrected chi connectivity index (χ0v) is 17.3. The SMILES string of the molecule is CC(=O)O[C@H]1C[C@@H]2CC[C@@]1(C)C2(C)C.CC1=CCC(C(C)(C)O)CC1. The van der Waals surface area contributed by atoms with Crippen molar-refractivity contribution < 1.29 is 14.6 Å². The lowest BCUT2D eigenvalue weighted by Gasteiger charge is -2.38. The minimum atomic E-state index is -0.489. The van der Waals surface area contributed by atoms with Crippen LogP contribution in [0.1, 0.15) is 87.0 Å². The van der Waals surface area contributed by atoms with Crippen molar-refractivity contribution >= 4 is 5.97 Å². The summed E-state index contributed by atoms with van der Waals surface area (Å²) in [5.74, 6) is 1.09. The highest BCUT2D eigenvalue weighted by atomic mass is 16.5. The van der Waals surface area contributed by atoms with Crippen molar-refractivity contribution in [3.63, 3.8) is 0 Å². The zero-order chi connectivity index (χ0) is 19.0. The van der Waals surface area contributed by atoms with Crippen LogP contribution >= 0.6 is 0 Å². The highest BCUT2D eigenvalue weighted by Crippen LogP contribution is 2.66. The van der Waals surface area contributed by atoms with Gasteiger partial charge in [-0.05, 0) is 76.5 Å². The van der Waals surface area contributed by atoms with Crippen molar-refractivity contribution in [3.05, 3.63) is 11.6 Å². The van der Waals surface area contributed by atoms with Crippen LogP contribution in [0, 0.1) is 22.7 Å². The van der Waals surface area contributed by atoms with Crippen molar-refractivity contribution in [2.75, 3.05) is 0 Å². The quantitative estimate of drug-likeness (QED) is 0.545. The molecule has 3 heteroatoms. The minimum Gasteiger partial charge on any atom is -0.462 e. The van der Waals surface area contributed by atoms with E-state index in [2.05, 4.69) is 33.8 Å². The van der Waals surface area contributed by atoms with E-state index in [4.69, 9.17) is 4.74 Å². The Morgan fingerprint density at radius 1 is 1.28 bits per heavy atom. The van der Waals surface area contributed by atoms with Crippen LogP contribution in [-0.2, 0) is 9.53 Å². The van der Waals surface area contributed by atoms with Gasteiger partial charge in [0.05, 0.1) is 5.60 Å². The molecule has 25 heavy (non-hydrogen) atoms. The number of carbonyl (C=O) groups is 1. The van der Waals surface area contributed by atoms with E-state index < -0.39 is 5.60 Å². The summed E-state index contributed by atoms with van der Waals surface area (Å²) in [4.78, 5) is 11.0. The molecule has 2 saturated carbocycles. The van der Waals surface area contributed by atoms with E-state index in [-0.39, 0.29) is 17.5 Å². The number of fused-ring (bicyclic) bond motifs is 2. The van der Waals surface area contributed by atoms with Crippen molar-refractivity contribution in [1.29, 1.82) is 0 Å². The second-order valence-corrected chi connectivity index (χ2v) is 9.88. The predicted octanol–water partition coefficient (Wildman–Crippen LogP) is 5.27. The summed E-state index contributed by atoms with van der Waals surface area (Å²) in [5, 5.41) is 9.70. The molecule has 4 atom stereocenters. The number of rotatable bonds is 2. The smallest absolute Gasteiger partial charge is 0.302 e. The Balaban J connectivity index is 0.000000186. The molecule has 0 aromatic carbocycles. The maximum atomic E-state index is 11.0. The van der Waals surface area contributed by atoms with Crippen molar-refractivity contribution in [2.24, 2.45) is 22.7 Å². The number of aliphatic hydroxyl groups is 1. The van der Waals surface area contributed by atoms with E-state index in [0.717, 1.165) is 31.6 Å². The van der Waals surface area contributed by atoms with Gasteiger partial charge in [0.15, 0.2) is 0 Å². The van der Waals surface area contributed by atoms with Gasteiger partial charge >= 0.3 is 5.97 Å². The van der Waals surface area contributed by atoms with Gasteiger partial charge in [0.25, 0.3) is 0 Å². The predicted molar refractivity (Wildman–Crippen MR) is 102 cm³/mol. The largest absolute Gasteiger partial charge is 0.462 e. The fraction of sp³-hybridized carbons (Fsp3) is 0.864. The summed E-state index contributed by atoms with van der Waals surface area (Å²) in [6.07, 6.45) is 9.36. The van der Waals surface area contributed by atoms with E-state index in [1.54, 1.807) is 0 Å². The van der Waals surface area contributed by atoms with Gasteiger partial charge in [-0.15, -0.1) is 0 Å². The molecule has 0 heterocycles. The first-order valence-electron chi connectivity index (χ1n) is 9.93. The van der Waals surface area contributed by atoms with Gasteiger partial charge in [-0.2, -0.15) is 0 Å². The maximum absolute atomic E-state index is 11.0. The molecule has 2 fully saturated rings. The van der Waals surface area contributed by atoms with Crippen molar-refractivity contribution in [3.8, 4) is 0 Å². The second-order valence-electron chi connectivity index (χ2n) is 9.88. The molecule has 3 rings (SSSR count). The first kappa shape index (κ1) is 20.5. The fourth-order valence-electron chi connectivity index (χ4n) is 5.12. The number of hydrogen-bond donors (Lipinski definition) is 1. The average Bonchev–Trinajstić information content (AvgIpc) is 2.80. The molecule has 0 amide bonds. The van der Waals surface area contributed by atoms with Crippen LogP contribution < -0.4 is 0 Å². The standard InChI is InChI=1S/C12H20O2.C10H18O/c1-8(13)14-10-7-9-5-6-12(10,4)11(9,2)3;1-8-4-6-9(7-5-8)10(2,3)11/h9-10H,5-7H2,1-4H3;4,9,11H,5-7H2,1-3H3/t9-,10-,12+;/m0./s1. The van der Waals surface area contributed by atoms with Crippen LogP contribution in [0.3, 0.4) is 0 Å². The third-order valence-electron chi connectivity index (χ3n) is 7.66. The third kappa shape index (κ3) is 4.13. The third-order valence-corrected chi connectivity index (χ3v) is 7.66. The van der Waals surface area contributed by atoms with Gasteiger partial charge < -0.3 is 9.84 Å². The van der Waals surface area contributed by atoms with Crippen LogP contribution in [0.5, 0.6) is 0 Å². The minimum absolute atomic E-state index is 0.125. The van der Waals surface area contributed by atoms with E-state index in [1.165, 1.54) is 25.3 Å².